The third kappa shape index (κ3) is 8.93. The van der Waals surface area contributed by atoms with Gasteiger partial charge in [0.25, 0.3) is 0 Å². The van der Waals surface area contributed by atoms with Crippen molar-refractivity contribution < 1.29 is 4.79 Å². The van der Waals surface area contributed by atoms with Gasteiger partial charge in [-0.2, -0.15) is 0 Å². The summed E-state index contributed by atoms with van der Waals surface area (Å²) in [6.07, 6.45) is 5.17. The van der Waals surface area contributed by atoms with Crippen molar-refractivity contribution in [3.05, 3.63) is 0 Å². The summed E-state index contributed by atoms with van der Waals surface area (Å²) in [6, 6.07) is -0.415. The number of carbonyl (C=O) groups excluding carboxylic acids is 1. The predicted octanol–water partition coefficient (Wildman–Crippen LogP) is -0.641. The number of nitrogens with zero attached hydrogens (tertiary/aromatic N) is 1. The van der Waals surface area contributed by atoms with Gasteiger partial charge in [-0.05, 0) is 51.7 Å². The first-order valence-corrected chi connectivity index (χ1v) is 7.32. The Balaban J connectivity index is 4.17. The second kappa shape index (κ2) is 12.3. The Bertz CT molecular complexity index is 225. The van der Waals surface area contributed by atoms with Gasteiger partial charge in [0, 0.05) is 13.1 Å². The summed E-state index contributed by atoms with van der Waals surface area (Å²) in [5.41, 5.74) is 22.4. The van der Waals surface area contributed by atoms with Gasteiger partial charge >= 0.3 is 0 Å². The van der Waals surface area contributed by atoms with E-state index in [9.17, 15) is 4.79 Å². The molecule has 0 rings (SSSR count). The Kier molecular flexibility index (Phi) is 11.9. The van der Waals surface area contributed by atoms with E-state index in [1.165, 1.54) is 0 Å². The second-order valence-corrected chi connectivity index (χ2v) is 4.85. The molecule has 0 saturated heterocycles. The molecule has 0 aliphatic rings. The molecule has 0 spiro atoms. The summed E-state index contributed by atoms with van der Waals surface area (Å²) in [5, 5.41) is 0. The third-order valence-corrected chi connectivity index (χ3v) is 3.11. The molecule has 0 aromatic heterocycles. The van der Waals surface area contributed by atoms with Gasteiger partial charge in [-0.25, -0.2) is 0 Å². The summed E-state index contributed by atoms with van der Waals surface area (Å²) >= 11 is 0. The van der Waals surface area contributed by atoms with E-state index in [1.807, 2.05) is 4.90 Å². The Morgan fingerprint density at radius 3 is 1.95 bits per heavy atom. The average Bonchev–Trinajstić information content (AvgIpc) is 2.42. The van der Waals surface area contributed by atoms with Crippen molar-refractivity contribution in [1.82, 2.24) is 4.90 Å². The molecule has 6 nitrogen and oxygen atoms in total. The van der Waals surface area contributed by atoms with Crippen LogP contribution in [0, 0.1) is 0 Å². The van der Waals surface area contributed by atoms with Crippen LogP contribution in [-0.4, -0.2) is 49.6 Å². The van der Waals surface area contributed by atoms with Crippen molar-refractivity contribution in [2.45, 2.75) is 44.6 Å². The van der Waals surface area contributed by atoms with Gasteiger partial charge in [0.1, 0.15) is 0 Å². The van der Waals surface area contributed by atoms with E-state index in [0.29, 0.717) is 32.6 Å². The topological polar surface area (TPSA) is 124 Å². The van der Waals surface area contributed by atoms with E-state index >= 15 is 0 Å². The number of hydrogen-bond acceptors (Lipinski definition) is 5. The molecule has 0 radical (unpaired) electrons. The maximum atomic E-state index is 12.2. The lowest BCUT2D eigenvalue weighted by molar-refractivity contribution is -0.132. The lowest BCUT2D eigenvalue weighted by Crippen LogP contribution is -2.45. The van der Waals surface area contributed by atoms with Crippen LogP contribution in [0.2, 0.25) is 0 Å². The SMILES string of the molecule is NCCCC[C@H](N)C(=O)N(CCCN)CCCCN. The van der Waals surface area contributed by atoms with Crippen molar-refractivity contribution in [3.8, 4) is 0 Å². The minimum atomic E-state index is -0.415. The maximum absolute atomic E-state index is 12.2. The zero-order valence-corrected chi connectivity index (χ0v) is 12.0. The standard InChI is InChI=1S/C13H31N5O/c14-7-2-1-6-12(17)13(19)18(11-5-9-16)10-4-3-8-15/h12H,1-11,14-17H2/t12-/m0/s1. The normalized spacial score (nSPS) is 12.4. The van der Waals surface area contributed by atoms with Crippen molar-refractivity contribution in [2.75, 3.05) is 32.7 Å². The Morgan fingerprint density at radius 1 is 0.842 bits per heavy atom. The van der Waals surface area contributed by atoms with Gasteiger partial charge in [0.05, 0.1) is 6.04 Å². The van der Waals surface area contributed by atoms with E-state index in [1.54, 1.807) is 0 Å². The van der Waals surface area contributed by atoms with Crippen molar-refractivity contribution >= 4 is 5.91 Å². The average molecular weight is 273 g/mol. The van der Waals surface area contributed by atoms with Crippen molar-refractivity contribution in [1.29, 1.82) is 0 Å². The van der Waals surface area contributed by atoms with E-state index in [-0.39, 0.29) is 5.91 Å². The van der Waals surface area contributed by atoms with Gasteiger partial charge in [-0.3, -0.25) is 4.79 Å². The fourth-order valence-electron chi connectivity index (χ4n) is 1.93. The molecule has 1 amide bonds. The first-order chi connectivity index (χ1) is 9.17. The second-order valence-electron chi connectivity index (χ2n) is 4.85. The quantitative estimate of drug-likeness (QED) is 0.352. The molecular formula is C13H31N5O. The molecule has 1 atom stereocenters. The van der Waals surface area contributed by atoms with Crippen LogP contribution in [0.3, 0.4) is 0 Å². The highest BCUT2D eigenvalue weighted by Gasteiger charge is 2.19. The summed E-state index contributed by atoms with van der Waals surface area (Å²) in [6.45, 7) is 3.30. The van der Waals surface area contributed by atoms with Gasteiger partial charge in [0.15, 0.2) is 0 Å². The van der Waals surface area contributed by atoms with Crippen LogP contribution in [0.1, 0.15) is 38.5 Å². The monoisotopic (exact) mass is 273 g/mol. The van der Waals surface area contributed by atoms with Crippen LogP contribution in [0.25, 0.3) is 0 Å². The highest BCUT2D eigenvalue weighted by atomic mass is 16.2. The molecule has 6 heteroatoms. The van der Waals surface area contributed by atoms with Crippen LogP contribution >= 0.6 is 0 Å². The third-order valence-electron chi connectivity index (χ3n) is 3.11. The molecule has 0 aromatic carbocycles. The van der Waals surface area contributed by atoms with E-state index in [0.717, 1.165) is 38.6 Å². The Labute approximate surface area is 116 Å². The first-order valence-electron chi connectivity index (χ1n) is 7.32. The molecule has 114 valence electrons. The number of hydrogen-bond donors (Lipinski definition) is 4. The lowest BCUT2D eigenvalue weighted by Gasteiger charge is -2.25. The molecule has 8 N–H and O–H groups in total. The fraction of sp³-hybridized carbons (Fsp3) is 0.923. The number of amides is 1. The van der Waals surface area contributed by atoms with Crippen LogP contribution in [0.15, 0.2) is 0 Å². The Morgan fingerprint density at radius 2 is 1.37 bits per heavy atom. The van der Waals surface area contributed by atoms with Gasteiger partial charge in [-0.15, -0.1) is 0 Å². The van der Waals surface area contributed by atoms with E-state index in [2.05, 4.69) is 0 Å². The molecule has 0 aliphatic heterocycles. The summed E-state index contributed by atoms with van der Waals surface area (Å²) in [4.78, 5) is 14.1. The fourth-order valence-corrected chi connectivity index (χ4v) is 1.93. The number of rotatable bonds is 12. The van der Waals surface area contributed by atoms with Crippen LogP contribution < -0.4 is 22.9 Å². The molecule has 0 aliphatic carbocycles. The molecule has 0 heterocycles. The van der Waals surface area contributed by atoms with Gasteiger partial charge in [-0.1, -0.05) is 6.42 Å². The molecule has 0 fully saturated rings. The maximum Gasteiger partial charge on any atom is 0.239 e. The molecule has 0 aromatic rings. The molecule has 0 saturated carbocycles. The van der Waals surface area contributed by atoms with Crippen LogP contribution in [-0.2, 0) is 4.79 Å². The molecule has 0 unspecified atom stereocenters. The number of unbranched alkanes of at least 4 members (excludes halogenated alkanes) is 2. The first kappa shape index (κ1) is 18.3. The van der Waals surface area contributed by atoms with Crippen LogP contribution in [0.4, 0.5) is 0 Å². The zero-order valence-electron chi connectivity index (χ0n) is 12.0. The largest absolute Gasteiger partial charge is 0.341 e. The van der Waals surface area contributed by atoms with Crippen molar-refractivity contribution in [3.63, 3.8) is 0 Å². The summed E-state index contributed by atoms with van der Waals surface area (Å²) in [7, 11) is 0. The minimum Gasteiger partial charge on any atom is -0.341 e. The van der Waals surface area contributed by atoms with Crippen LogP contribution in [0.5, 0.6) is 0 Å². The predicted molar refractivity (Wildman–Crippen MR) is 79.4 cm³/mol. The summed E-state index contributed by atoms with van der Waals surface area (Å²) in [5.74, 6) is 0.0301. The Hall–Kier alpha value is -0.690. The number of carbonyl (C=O) groups is 1. The van der Waals surface area contributed by atoms with Gasteiger partial charge < -0.3 is 27.8 Å². The van der Waals surface area contributed by atoms with Gasteiger partial charge in [0.2, 0.25) is 5.91 Å². The van der Waals surface area contributed by atoms with E-state index in [4.69, 9.17) is 22.9 Å². The zero-order chi connectivity index (χ0) is 14.5. The van der Waals surface area contributed by atoms with Crippen molar-refractivity contribution in [2.24, 2.45) is 22.9 Å². The smallest absolute Gasteiger partial charge is 0.239 e. The highest BCUT2D eigenvalue weighted by Crippen LogP contribution is 2.05. The molecule has 19 heavy (non-hydrogen) atoms. The number of nitrogens with two attached hydrogens (primary N) is 4. The summed E-state index contributed by atoms with van der Waals surface area (Å²) < 4.78 is 0. The van der Waals surface area contributed by atoms with E-state index < -0.39 is 6.04 Å². The molecule has 0 bridgehead atoms. The highest BCUT2D eigenvalue weighted by molar-refractivity contribution is 5.81. The molecular weight excluding hydrogens is 242 g/mol. The lowest BCUT2D eigenvalue weighted by atomic mass is 10.1. The minimum absolute atomic E-state index is 0.0301.